The van der Waals surface area contributed by atoms with Crippen molar-refractivity contribution in [2.45, 2.75) is 206 Å². The second-order valence-electron chi connectivity index (χ2n) is 11.8. The molecule has 0 aliphatic heterocycles. The molecule has 0 rings (SSSR count). The summed E-state index contributed by atoms with van der Waals surface area (Å²) in [6, 6.07) is 0. The van der Waals surface area contributed by atoms with Gasteiger partial charge in [0.25, 0.3) is 0 Å². The van der Waals surface area contributed by atoms with Gasteiger partial charge in [0.05, 0.1) is 0 Å². The number of rotatable bonds is 32. The topological polar surface area (TPSA) is 49.7 Å². The van der Waals surface area contributed by atoms with Crippen LogP contribution in [0.5, 0.6) is 0 Å². The summed E-state index contributed by atoms with van der Waals surface area (Å²) < 4.78 is 5.38. The smallest absolute Gasteiger partial charge is 0.157 e. The molecule has 0 aromatic heterocycles. The van der Waals surface area contributed by atoms with Gasteiger partial charge in [0.2, 0.25) is 0 Å². The molecule has 0 aromatic rings. The maximum absolute atomic E-state index is 10.1. The fourth-order valence-electron chi connectivity index (χ4n) is 5.10. The molecule has 0 aliphatic carbocycles. The molecule has 0 fully saturated rings. The average molecular weight is 551 g/mol. The Morgan fingerprint density at radius 3 is 0.949 bits per heavy atom. The normalized spacial score (nSPS) is 13.6. The van der Waals surface area contributed by atoms with E-state index in [1.807, 2.05) is 0 Å². The van der Waals surface area contributed by atoms with Crippen molar-refractivity contribution in [1.82, 2.24) is 0 Å². The van der Waals surface area contributed by atoms with Gasteiger partial charge in [-0.05, 0) is 77.0 Å². The zero-order valence-electron chi connectivity index (χ0n) is 26.6. The molecular weight excluding hydrogens is 480 g/mol. The maximum atomic E-state index is 10.1. The highest BCUT2D eigenvalue weighted by atomic mass is 16.7. The molecule has 0 radical (unpaired) electrons. The summed E-state index contributed by atoms with van der Waals surface area (Å²) in [4.78, 5) is 0. The Hall–Kier alpha value is -0.640. The molecule has 0 heterocycles. The van der Waals surface area contributed by atoms with Crippen LogP contribution in [0.4, 0.5) is 0 Å². The molecule has 3 nitrogen and oxygen atoms in total. The van der Waals surface area contributed by atoms with Crippen LogP contribution in [0.2, 0.25) is 0 Å². The summed E-state index contributed by atoms with van der Waals surface area (Å²) in [5.41, 5.74) is 0. The molecule has 0 amide bonds. The van der Waals surface area contributed by atoms with Crippen LogP contribution in [0.1, 0.15) is 194 Å². The van der Waals surface area contributed by atoms with Crippen molar-refractivity contribution in [3.63, 3.8) is 0 Å². The highest BCUT2D eigenvalue weighted by Gasteiger charge is 2.11. The van der Waals surface area contributed by atoms with Crippen LogP contribution in [0.3, 0.4) is 0 Å². The lowest BCUT2D eigenvalue weighted by Gasteiger charge is -2.17. The van der Waals surface area contributed by atoms with E-state index in [9.17, 15) is 10.2 Å². The fourth-order valence-corrected chi connectivity index (χ4v) is 5.10. The number of allylic oxidation sites excluding steroid dienone is 4. The fraction of sp³-hybridized carbons (Fsp3) is 0.889. The molecular formula is C36H70O3. The van der Waals surface area contributed by atoms with Crippen LogP contribution in [-0.4, -0.2) is 22.8 Å². The summed E-state index contributed by atoms with van der Waals surface area (Å²) in [5.74, 6) is 0. The number of aliphatic hydroxyl groups excluding tert-OH is 2. The number of hydrogen-bond donors (Lipinski definition) is 2. The monoisotopic (exact) mass is 551 g/mol. The van der Waals surface area contributed by atoms with Crippen molar-refractivity contribution >= 4 is 0 Å². The molecule has 0 spiro atoms. The van der Waals surface area contributed by atoms with Crippen LogP contribution in [0.25, 0.3) is 0 Å². The SMILES string of the molecule is CCCCCCCC/C=C\CCCCCCCC(O)OC(O)CCCCCCC/C=C\CCCCCCCC. The van der Waals surface area contributed by atoms with Gasteiger partial charge >= 0.3 is 0 Å². The molecule has 2 N–H and O–H groups in total. The predicted octanol–water partition coefficient (Wildman–Crippen LogP) is 11.7. The average Bonchev–Trinajstić information content (AvgIpc) is 2.93. The van der Waals surface area contributed by atoms with Gasteiger partial charge in [-0.25, -0.2) is 0 Å². The number of ether oxygens (including phenoxy) is 1. The summed E-state index contributed by atoms with van der Waals surface area (Å²) in [6.45, 7) is 4.54. The first-order valence-corrected chi connectivity index (χ1v) is 17.5. The summed E-state index contributed by atoms with van der Waals surface area (Å²) >= 11 is 0. The van der Waals surface area contributed by atoms with E-state index in [2.05, 4.69) is 38.2 Å². The number of unbranched alkanes of at least 4 members (excludes halogenated alkanes) is 22. The minimum absolute atomic E-state index is 0.627. The van der Waals surface area contributed by atoms with Crippen molar-refractivity contribution in [3.05, 3.63) is 24.3 Å². The predicted molar refractivity (Wildman–Crippen MR) is 172 cm³/mol. The molecule has 3 heteroatoms. The second kappa shape index (κ2) is 33.6. The largest absolute Gasteiger partial charge is 0.368 e. The lowest BCUT2D eigenvalue weighted by Crippen LogP contribution is -2.21. The van der Waals surface area contributed by atoms with E-state index in [-0.39, 0.29) is 0 Å². The molecule has 0 saturated carbocycles. The van der Waals surface area contributed by atoms with Crippen molar-refractivity contribution in [2.24, 2.45) is 0 Å². The maximum Gasteiger partial charge on any atom is 0.157 e. The number of aliphatic hydroxyl groups is 2. The first kappa shape index (κ1) is 38.4. The van der Waals surface area contributed by atoms with Gasteiger partial charge in [0.15, 0.2) is 12.6 Å². The first-order valence-electron chi connectivity index (χ1n) is 17.5. The highest BCUT2D eigenvalue weighted by Crippen LogP contribution is 2.14. The summed E-state index contributed by atoms with van der Waals surface area (Å²) in [7, 11) is 0. The first-order chi connectivity index (χ1) is 19.2. The zero-order valence-corrected chi connectivity index (χ0v) is 26.6. The van der Waals surface area contributed by atoms with Gasteiger partial charge in [0, 0.05) is 0 Å². The molecule has 39 heavy (non-hydrogen) atoms. The molecule has 2 atom stereocenters. The third-order valence-electron chi connectivity index (χ3n) is 7.74. The van der Waals surface area contributed by atoms with E-state index < -0.39 is 12.6 Å². The van der Waals surface area contributed by atoms with Crippen molar-refractivity contribution < 1.29 is 14.9 Å². The lowest BCUT2D eigenvalue weighted by molar-refractivity contribution is -0.212. The van der Waals surface area contributed by atoms with Crippen LogP contribution in [0, 0.1) is 0 Å². The van der Waals surface area contributed by atoms with Crippen molar-refractivity contribution in [1.29, 1.82) is 0 Å². The van der Waals surface area contributed by atoms with Gasteiger partial charge in [-0.1, -0.05) is 141 Å². The molecule has 0 aromatic carbocycles. The third kappa shape index (κ3) is 33.5. The Kier molecular flexibility index (Phi) is 33.0. The summed E-state index contributed by atoms with van der Waals surface area (Å²) in [5, 5.41) is 20.1. The van der Waals surface area contributed by atoms with Gasteiger partial charge in [-0.3, -0.25) is 0 Å². The Labute approximate surface area is 245 Å². The van der Waals surface area contributed by atoms with Crippen LogP contribution in [0.15, 0.2) is 24.3 Å². The van der Waals surface area contributed by atoms with E-state index in [1.165, 1.54) is 141 Å². The van der Waals surface area contributed by atoms with E-state index in [4.69, 9.17) is 4.74 Å². The van der Waals surface area contributed by atoms with E-state index in [1.54, 1.807) is 0 Å². The minimum atomic E-state index is -0.826. The lowest BCUT2D eigenvalue weighted by atomic mass is 10.1. The van der Waals surface area contributed by atoms with Crippen molar-refractivity contribution in [3.8, 4) is 0 Å². The molecule has 0 saturated heterocycles. The molecule has 232 valence electrons. The van der Waals surface area contributed by atoms with Gasteiger partial charge in [-0.2, -0.15) is 0 Å². The van der Waals surface area contributed by atoms with E-state index >= 15 is 0 Å². The quantitative estimate of drug-likeness (QED) is 0.0497. The van der Waals surface area contributed by atoms with Gasteiger partial charge in [0.1, 0.15) is 0 Å². The third-order valence-corrected chi connectivity index (χ3v) is 7.74. The Morgan fingerprint density at radius 2 is 0.641 bits per heavy atom. The molecule has 0 aliphatic rings. The molecule has 2 unspecified atom stereocenters. The second-order valence-corrected chi connectivity index (χ2v) is 11.8. The van der Waals surface area contributed by atoms with Crippen LogP contribution < -0.4 is 0 Å². The van der Waals surface area contributed by atoms with E-state index in [0.717, 1.165) is 25.7 Å². The van der Waals surface area contributed by atoms with Gasteiger partial charge in [-0.15, -0.1) is 0 Å². The Morgan fingerprint density at radius 1 is 0.385 bits per heavy atom. The van der Waals surface area contributed by atoms with Crippen LogP contribution in [-0.2, 0) is 4.74 Å². The highest BCUT2D eigenvalue weighted by molar-refractivity contribution is 4.82. The van der Waals surface area contributed by atoms with E-state index in [0.29, 0.717) is 12.8 Å². The van der Waals surface area contributed by atoms with Gasteiger partial charge < -0.3 is 14.9 Å². The Bertz CT molecular complexity index is 458. The van der Waals surface area contributed by atoms with Crippen molar-refractivity contribution in [2.75, 3.05) is 0 Å². The van der Waals surface area contributed by atoms with Crippen LogP contribution >= 0.6 is 0 Å². The minimum Gasteiger partial charge on any atom is -0.368 e. The molecule has 0 bridgehead atoms. The number of hydrogen-bond acceptors (Lipinski definition) is 3. The standard InChI is InChI=1S/C36H70O3/c1-3-5-7-9-11-13-15-17-19-21-23-25-27-29-31-33-35(37)39-36(38)34-32-30-28-26-24-22-20-18-16-14-12-10-8-6-4-2/h17-20,35-38H,3-16,21-34H2,1-2H3/b19-17-,20-18-. The summed E-state index contributed by atoms with van der Waals surface area (Å²) in [6.07, 6.45) is 42.1. The Balaban J connectivity index is 3.35. The zero-order chi connectivity index (χ0) is 28.5.